The van der Waals surface area contributed by atoms with Crippen LogP contribution in [0.2, 0.25) is 0 Å². The van der Waals surface area contributed by atoms with E-state index in [0.717, 1.165) is 23.9 Å². The van der Waals surface area contributed by atoms with Crippen molar-refractivity contribution in [1.29, 1.82) is 0 Å². The zero-order valence-electron chi connectivity index (χ0n) is 24.0. The van der Waals surface area contributed by atoms with Crippen molar-refractivity contribution < 1.29 is 23.5 Å². The number of carbonyl (C=O) groups excluding carboxylic acids is 2. The lowest BCUT2D eigenvalue weighted by atomic mass is 10.0. The second kappa shape index (κ2) is 10.5. The number of aromatic nitrogens is 3. The van der Waals surface area contributed by atoms with E-state index in [9.17, 15) is 9.59 Å². The van der Waals surface area contributed by atoms with Gasteiger partial charge in [0.2, 0.25) is 11.8 Å². The van der Waals surface area contributed by atoms with Gasteiger partial charge in [-0.15, -0.1) is 0 Å². The molecule has 3 aliphatic rings. The van der Waals surface area contributed by atoms with Gasteiger partial charge in [-0.05, 0) is 58.7 Å². The van der Waals surface area contributed by atoms with E-state index in [1.807, 2.05) is 51.1 Å². The van der Waals surface area contributed by atoms with E-state index in [1.165, 1.54) is 6.07 Å². The predicted molar refractivity (Wildman–Crippen MR) is 152 cm³/mol. The quantitative estimate of drug-likeness (QED) is 0.469. The highest BCUT2D eigenvalue weighted by molar-refractivity contribution is 5.85. The number of amides is 2. The predicted octanol–water partition coefficient (Wildman–Crippen LogP) is 4.53. The molecule has 4 heterocycles. The summed E-state index contributed by atoms with van der Waals surface area (Å²) in [5, 5.41) is 2.87. The largest absolute Gasteiger partial charge is 0.473 e. The minimum atomic E-state index is -0.557. The number of anilines is 1. The Balaban J connectivity index is 1.23. The van der Waals surface area contributed by atoms with Crippen molar-refractivity contribution in [3.8, 4) is 17.1 Å². The first-order chi connectivity index (χ1) is 19.6. The lowest BCUT2D eigenvalue weighted by Gasteiger charge is -2.36. The standard InChI is InChI=1S/C30H37FN6O4/c1-18(20-14-26(38)32-16-20)40-28-27-24(33-17-37(27)21-6-7-21)15-23(34-28)19-5-8-25(22(31)13-19)35-9-11-36(12-10-35)29(39)41-30(2,3)4/h5,8,13,15,17-18,20-21H,6-7,9-12,14,16H2,1-4H3,(H,32,38)/t18-,20?/m1/s1. The molecule has 1 aromatic carbocycles. The number of imidazole rings is 1. The van der Waals surface area contributed by atoms with Crippen LogP contribution in [0.5, 0.6) is 5.88 Å². The molecule has 2 aliphatic heterocycles. The molecular formula is C30H37FN6O4. The number of nitrogens with one attached hydrogen (secondary N) is 1. The molecule has 0 radical (unpaired) electrons. The van der Waals surface area contributed by atoms with E-state index in [0.29, 0.717) is 68.0 Å². The molecule has 218 valence electrons. The summed E-state index contributed by atoms with van der Waals surface area (Å²) in [5.74, 6) is 0.177. The van der Waals surface area contributed by atoms with Crippen molar-refractivity contribution >= 4 is 28.7 Å². The number of fused-ring (bicyclic) bond motifs is 1. The minimum absolute atomic E-state index is 0.0298. The number of rotatable bonds is 6. The normalized spacial score (nSPS) is 20.3. The van der Waals surface area contributed by atoms with Gasteiger partial charge in [0.15, 0.2) is 0 Å². The lowest BCUT2D eigenvalue weighted by molar-refractivity contribution is -0.119. The van der Waals surface area contributed by atoms with Crippen molar-refractivity contribution in [2.45, 2.75) is 64.7 Å². The van der Waals surface area contributed by atoms with Crippen molar-refractivity contribution in [3.63, 3.8) is 0 Å². The number of hydrogen-bond acceptors (Lipinski definition) is 7. The van der Waals surface area contributed by atoms with Crippen LogP contribution in [-0.2, 0) is 9.53 Å². The average molecular weight is 565 g/mol. The fourth-order valence-corrected chi connectivity index (χ4v) is 5.50. The summed E-state index contributed by atoms with van der Waals surface area (Å²) in [5.41, 5.74) is 2.70. The van der Waals surface area contributed by atoms with Gasteiger partial charge in [-0.1, -0.05) is 6.07 Å². The maximum Gasteiger partial charge on any atom is 0.410 e. The van der Waals surface area contributed by atoms with E-state index in [2.05, 4.69) is 14.9 Å². The third kappa shape index (κ3) is 5.80. The Labute approximate surface area is 238 Å². The summed E-state index contributed by atoms with van der Waals surface area (Å²) >= 11 is 0. The fourth-order valence-electron chi connectivity index (χ4n) is 5.50. The van der Waals surface area contributed by atoms with Gasteiger partial charge in [-0.3, -0.25) is 4.79 Å². The Bertz CT molecular complexity index is 1470. The Kier molecular flexibility index (Phi) is 6.99. The summed E-state index contributed by atoms with van der Waals surface area (Å²) in [6.45, 7) is 9.98. The molecule has 3 aromatic rings. The smallest absolute Gasteiger partial charge is 0.410 e. The molecule has 41 heavy (non-hydrogen) atoms. The van der Waals surface area contributed by atoms with Gasteiger partial charge in [-0.2, -0.15) is 0 Å². The molecule has 1 saturated carbocycles. The number of pyridine rings is 1. The monoisotopic (exact) mass is 564 g/mol. The summed E-state index contributed by atoms with van der Waals surface area (Å²) in [6, 6.07) is 7.38. The van der Waals surface area contributed by atoms with E-state index < -0.39 is 5.60 Å². The zero-order valence-corrected chi connectivity index (χ0v) is 24.0. The number of piperazine rings is 1. The molecule has 1 unspecified atom stereocenters. The van der Waals surface area contributed by atoms with Gasteiger partial charge in [0.05, 0.1) is 23.2 Å². The second-order valence-electron chi connectivity index (χ2n) is 12.3. The Morgan fingerprint density at radius 3 is 2.54 bits per heavy atom. The molecule has 3 fully saturated rings. The van der Waals surface area contributed by atoms with Crippen LogP contribution in [0.1, 0.15) is 53.0 Å². The zero-order chi connectivity index (χ0) is 28.9. The number of hydrogen-bond donors (Lipinski definition) is 1. The minimum Gasteiger partial charge on any atom is -0.473 e. The third-order valence-electron chi connectivity index (χ3n) is 7.95. The van der Waals surface area contributed by atoms with Gasteiger partial charge in [0.25, 0.3) is 0 Å². The molecule has 11 heteroatoms. The molecule has 6 rings (SSSR count). The van der Waals surface area contributed by atoms with Crippen LogP contribution in [-0.4, -0.2) is 75.9 Å². The van der Waals surface area contributed by atoms with Crippen LogP contribution in [0.15, 0.2) is 30.6 Å². The molecule has 0 spiro atoms. The molecule has 2 aromatic heterocycles. The van der Waals surface area contributed by atoms with Gasteiger partial charge in [0, 0.05) is 56.7 Å². The van der Waals surface area contributed by atoms with Crippen molar-refractivity contribution in [3.05, 3.63) is 36.4 Å². The van der Waals surface area contributed by atoms with Crippen LogP contribution < -0.4 is 15.0 Å². The molecule has 2 amide bonds. The summed E-state index contributed by atoms with van der Waals surface area (Å²) < 4.78 is 29.5. The summed E-state index contributed by atoms with van der Waals surface area (Å²) in [7, 11) is 0. The van der Waals surface area contributed by atoms with Gasteiger partial charge in [0.1, 0.15) is 23.0 Å². The van der Waals surface area contributed by atoms with Crippen molar-refractivity contribution in [2.75, 3.05) is 37.6 Å². The van der Waals surface area contributed by atoms with E-state index in [4.69, 9.17) is 14.5 Å². The Hall–Kier alpha value is -3.89. The number of ether oxygens (including phenoxy) is 2. The van der Waals surface area contributed by atoms with Gasteiger partial charge in [-0.25, -0.2) is 19.2 Å². The third-order valence-corrected chi connectivity index (χ3v) is 7.95. The van der Waals surface area contributed by atoms with Crippen LogP contribution in [0.4, 0.5) is 14.9 Å². The average Bonchev–Trinajstić information content (AvgIpc) is 3.52. The first kappa shape index (κ1) is 27.3. The maximum absolute atomic E-state index is 15.5. The summed E-state index contributed by atoms with van der Waals surface area (Å²) in [4.78, 5) is 37.3. The first-order valence-corrected chi connectivity index (χ1v) is 14.4. The molecule has 10 nitrogen and oxygen atoms in total. The van der Waals surface area contributed by atoms with Gasteiger partial charge < -0.3 is 29.2 Å². The fraction of sp³-hybridized carbons (Fsp3) is 0.533. The van der Waals surface area contributed by atoms with Gasteiger partial charge >= 0.3 is 6.09 Å². The summed E-state index contributed by atoms with van der Waals surface area (Å²) in [6.07, 6.45) is 3.84. The molecule has 0 bridgehead atoms. The molecule has 2 atom stereocenters. The highest BCUT2D eigenvalue weighted by Crippen LogP contribution is 2.40. The van der Waals surface area contributed by atoms with E-state index >= 15 is 4.39 Å². The highest BCUT2D eigenvalue weighted by atomic mass is 19.1. The molecular weight excluding hydrogens is 527 g/mol. The molecule has 1 aliphatic carbocycles. The lowest BCUT2D eigenvalue weighted by Crippen LogP contribution is -2.50. The number of benzene rings is 1. The van der Waals surface area contributed by atoms with Crippen molar-refractivity contribution in [2.24, 2.45) is 5.92 Å². The Morgan fingerprint density at radius 2 is 1.90 bits per heavy atom. The SMILES string of the molecule is C[C@@H](Oc1nc(-c2ccc(N3CCN(C(=O)OC(C)(C)C)CC3)c(F)c2)cc2ncn(C3CC3)c12)C1CNC(=O)C1. The van der Waals surface area contributed by atoms with E-state index in [1.54, 1.807) is 11.0 Å². The first-order valence-electron chi connectivity index (χ1n) is 14.4. The van der Waals surface area contributed by atoms with Crippen LogP contribution in [0, 0.1) is 11.7 Å². The van der Waals surface area contributed by atoms with Crippen LogP contribution in [0.25, 0.3) is 22.3 Å². The maximum atomic E-state index is 15.5. The second-order valence-corrected chi connectivity index (χ2v) is 12.3. The van der Waals surface area contributed by atoms with Crippen LogP contribution in [0.3, 0.4) is 0 Å². The molecule has 2 saturated heterocycles. The van der Waals surface area contributed by atoms with E-state index in [-0.39, 0.29) is 29.8 Å². The Morgan fingerprint density at radius 1 is 1.15 bits per heavy atom. The topological polar surface area (TPSA) is 102 Å². The van der Waals surface area contributed by atoms with Crippen molar-refractivity contribution in [1.82, 2.24) is 24.8 Å². The number of carbonyl (C=O) groups is 2. The molecule has 1 N–H and O–H groups in total. The highest BCUT2D eigenvalue weighted by Gasteiger charge is 2.32. The van der Waals surface area contributed by atoms with Crippen LogP contribution >= 0.6 is 0 Å². The number of halogens is 1. The number of nitrogens with zero attached hydrogens (tertiary/aromatic N) is 5.